The first-order valence-corrected chi connectivity index (χ1v) is 9.41. The van der Waals surface area contributed by atoms with Crippen molar-refractivity contribution in [1.29, 1.82) is 0 Å². The van der Waals surface area contributed by atoms with Gasteiger partial charge in [-0.15, -0.1) is 0 Å². The minimum atomic E-state index is -0.412. The largest absolute Gasteiger partial charge is 0.346 e. The summed E-state index contributed by atoms with van der Waals surface area (Å²) >= 11 is 0. The number of nitrogens with zero attached hydrogens (tertiary/aromatic N) is 1. The smallest absolute Gasteiger partial charge is 0.266 e. The lowest BCUT2D eigenvalue weighted by molar-refractivity contribution is 0.0921. The second-order valence-electron chi connectivity index (χ2n) is 7.10. The summed E-state index contributed by atoms with van der Waals surface area (Å²) in [5.74, 6) is -1.08. The van der Waals surface area contributed by atoms with Gasteiger partial charge in [0, 0.05) is 5.56 Å². The van der Waals surface area contributed by atoms with Crippen LogP contribution in [0.1, 0.15) is 55.2 Å². The average Bonchev–Trinajstić information content (AvgIpc) is 2.99. The fraction of sp³-hybridized carbons (Fsp3) is 0.125. The number of anilines is 1. The zero-order valence-corrected chi connectivity index (χ0v) is 16.2. The standard InChI is InChI=1S/C24H20N2O3/c1-15-8-6-7-11-21(15)26-23(28)19-13-12-18(14-20(19)24(26)29)22(27)25-16(2)17-9-4-3-5-10-17/h3-14,16H,1-2H3,(H,25,27)/t16-/m0/s1. The van der Waals surface area contributed by atoms with Crippen molar-refractivity contribution in [3.63, 3.8) is 0 Å². The van der Waals surface area contributed by atoms with Gasteiger partial charge < -0.3 is 5.32 Å². The molecule has 1 N–H and O–H groups in total. The van der Waals surface area contributed by atoms with Crippen LogP contribution in [-0.2, 0) is 0 Å². The van der Waals surface area contributed by atoms with E-state index in [1.165, 1.54) is 11.0 Å². The summed E-state index contributed by atoms with van der Waals surface area (Å²) in [7, 11) is 0. The number of nitrogens with one attached hydrogen (secondary N) is 1. The van der Waals surface area contributed by atoms with Crippen LogP contribution in [0.3, 0.4) is 0 Å². The fourth-order valence-electron chi connectivity index (χ4n) is 3.52. The zero-order chi connectivity index (χ0) is 20.5. The molecule has 1 aliphatic heterocycles. The van der Waals surface area contributed by atoms with Crippen molar-refractivity contribution in [2.45, 2.75) is 19.9 Å². The van der Waals surface area contributed by atoms with Crippen LogP contribution < -0.4 is 10.2 Å². The highest BCUT2D eigenvalue weighted by atomic mass is 16.2. The topological polar surface area (TPSA) is 66.5 Å². The van der Waals surface area contributed by atoms with E-state index in [9.17, 15) is 14.4 Å². The van der Waals surface area contributed by atoms with Gasteiger partial charge in [0.2, 0.25) is 0 Å². The van der Waals surface area contributed by atoms with Gasteiger partial charge in [-0.1, -0.05) is 48.5 Å². The summed E-state index contributed by atoms with van der Waals surface area (Å²) < 4.78 is 0. The molecule has 3 aromatic rings. The molecule has 3 amide bonds. The number of hydrogen-bond acceptors (Lipinski definition) is 3. The van der Waals surface area contributed by atoms with Crippen molar-refractivity contribution >= 4 is 23.4 Å². The van der Waals surface area contributed by atoms with Crippen LogP contribution in [0.25, 0.3) is 0 Å². The normalized spacial score (nSPS) is 13.9. The van der Waals surface area contributed by atoms with Gasteiger partial charge in [0.15, 0.2) is 0 Å². The number of aryl methyl sites for hydroxylation is 1. The summed E-state index contributed by atoms with van der Waals surface area (Å²) in [5.41, 5.74) is 3.28. The lowest BCUT2D eigenvalue weighted by Crippen LogP contribution is -2.30. The summed E-state index contributed by atoms with van der Waals surface area (Å²) in [6.45, 7) is 3.75. The highest BCUT2D eigenvalue weighted by Crippen LogP contribution is 2.31. The third-order valence-corrected chi connectivity index (χ3v) is 5.15. The molecular weight excluding hydrogens is 364 g/mol. The maximum atomic E-state index is 13.0. The maximum absolute atomic E-state index is 13.0. The van der Waals surface area contributed by atoms with E-state index in [2.05, 4.69) is 5.32 Å². The van der Waals surface area contributed by atoms with E-state index in [0.29, 0.717) is 16.8 Å². The maximum Gasteiger partial charge on any atom is 0.266 e. The molecule has 1 atom stereocenters. The summed E-state index contributed by atoms with van der Waals surface area (Å²) in [6.07, 6.45) is 0. The van der Waals surface area contributed by atoms with E-state index in [4.69, 9.17) is 0 Å². The van der Waals surface area contributed by atoms with Crippen LogP contribution in [0.2, 0.25) is 0 Å². The van der Waals surface area contributed by atoms with Crippen molar-refractivity contribution in [3.05, 3.63) is 101 Å². The Labute approximate surface area is 169 Å². The number of fused-ring (bicyclic) bond motifs is 1. The van der Waals surface area contributed by atoms with E-state index in [-0.39, 0.29) is 23.4 Å². The second kappa shape index (κ2) is 7.36. The molecule has 0 aromatic heterocycles. The van der Waals surface area contributed by atoms with Gasteiger partial charge in [0.05, 0.1) is 22.9 Å². The van der Waals surface area contributed by atoms with Gasteiger partial charge in [0.25, 0.3) is 17.7 Å². The second-order valence-corrected chi connectivity index (χ2v) is 7.10. The van der Waals surface area contributed by atoms with Crippen molar-refractivity contribution in [1.82, 2.24) is 5.32 Å². The molecule has 5 heteroatoms. The molecule has 0 spiro atoms. The molecule has 0 fully saturated rings. The molecule has 3 aromatic carbocycles. The Hall–Kier alpha value is -3.73. The molecule has 5 nitrogen and oxygen atoms in total. The molecule has 0 radical (unpaired) electrons. The molecule has 0 saturated carbocycles. The van der Waals surface area contributed by atoms with Crippen LogP contribution in [0.4, 0.5) is 5.69 Å². The molecule has 0 unspecified atom stereocenters. The zero-order valence-electron chi connectivity index (χ0n) is 16.2. The van der Waals surface area contributed by atoms with Gasteiger partial charge >= 0.3 is 0 Å². The molecule has 1 heterocycles. The molecule has 0 aliphatic carbocycles. The predicted molar refractivity (Wildman–Crippen MR) is 111 cm³/mol. The summed E-state index contributed by atoms with van der Waals surface area (Å²) in [6, 6.07) is 21.3. The van der Waals surface area contributed by atoms with Crippen molar-refractivity contribution < 1.29 is 14.4 Å². The van der Waals surface area contributed by atoms with Gasteiger partial charge in [-0.05, 0) is 49.2 Å². The molecule has 0 saturated heterocycles. The number of carbonyl (C=O) groups is 3. The minimum absolute atomic E-state index is 0.183. The Bertz CT molecular complexity index is 1120. The number of benzene rings is 3. The first-order chi connectivity index (χ1) is 14.0. The number of rotatable bonds is 4. The molecule has 144 valence electrons. The Kier molecular flexibility index (Phi) is 4.72. The Morgan fingerprint density at radius 2 is 1.52 bits per heavy atom. The van der Waals surface area contributed by atoms with Crippen LogP contribution in [0.15, 0.2) is 72.8 Å². The van der Waals surface area contributed by atoms with Crippen LogP contribution >= 0.6 is 0 Å². The molecule has 29 heavy (non-hydrogen) atoms. The Morgan fingerprint density at radius 1 is 0.862 bits per heavy atom. The van der Waals surface area contributed by atoms with E-state index < -0.39 is 5.91 Å². The van der Waals surface area contributed by atoms with Crippen LogP contribution in [0, 0.1) is 6.92 Å². The molecule has 4 rings (SSSR count). The SMILES string of the molecule is Cc1ccccc1N1C(=O)c2ccc(C(=O)N[C@@H](C)c3ccccc3)cc2C1=O. The number of carbonyl (C=O) groups excluding carboxylic acids is 3. The van der Waals surface area contributed by atoms with Gasteiger partial charge in [0.1, 0.15) is 0 Å². The summed E-state index contributed by atoms with van der Waals surface area (Å²) in [4.78, 5) is 39.6. The summed E-state index contributed by atoms with van der Waals surface area (Å²) in [5, 5.41) is 2.93. The number of para-hydroxylation sites is 1. The van der Waals surface area contributed by atoms with E-state index in [1.807, 2.05) is 56.3 Å². The number of hydrogen-bond donors (Lipinski definition) is 1. The van der Waals surface area contributed by atoms with Crippen molar-refractivity contribution in [2.75, 3.05) is 4.90 Å². The lowest BCUT2D eigenvalue weighted by atomic mass is 10.0. The quantitative estimate of drug-likeness (QED) is 0.683. The van der Waals surface area contributed by atoms with Gasteiger partial charge in [-0.3, -0.25) is 14.4 Å². The molecular formula is C24H20N2O3. The number of imide groups is 1. The van der Waals surface area contributed by atoms with Crippen LogP contribution in [0.5, 0.6) is 0 Å². The highest BCUT2D eigenvalue weighted by molar-refractivity contribution is 6.35. The fourth-order valence-corrected chi connectivity index (χ4v) is 3.52. The lowest BCUT2D eigenvalue weighted by Gasteiger charge is -2.16. The highest BCUT2D eigenvalue weighted by Gasteiger charge is 2.37. The van der Waals surface area contributed by atoms with Crippen molar-refractivity contribution in [2.24, 2.45) is 0 Å². The van der Waals surface area contributed by atoms with Gasteiger partial charge in [-0.2, -0.15) is 0 Å². The van der Waals surface area contributed by atoms with E-state index in [1.54, 1.807) is 24.3 Å². The first kappa shape index (κ1) is 18.6. The third-order valence-electron chi connectivity index (χ3n) is 5.15. The van der Waals surface area contributed by atoms with Crippen LogP contribution in [-0.4, -0.2) is 17.7 Å². The van der Waals surface area contributed by atoms with E-state index in [0.717, 1.165) is 11.1 Å². The molecule has 1 aliphatic rings. The monoisotopic (exact) mass is 384 g/mol. The first-order valence-electron chi connectivity index (χ1n) is 9.41. The van der Waals surface area contributed by atoms with Gasteiger partial charge in [-0.25, -0.2) is 4.90 Å². The number of amides is 3. The van der Waals surface area contributed by atoms with E-state index >= 15 is 0 Å². The average molecular weight is 384 g/mol. The predicted octanol–water partition coefficient (Wildman–Crippen LogP) is 4.29. The Morgan fingerprint density at radius 3 is 2.24 bits per heavy atom. The van der Waals surface area contributed by atoms with Crippen molar-refractivity contribution in [3.8, 4) is 0 Å². The Balaban J connectivity index is 1.61. The molecule has 0 bridgehead atoms. The minimum Gasteiger partial charge on any atom is -0.346 e. The third kappa shape index (κ3) is 3.31.